The maximum Gasteiger partial charge on any atom is 0.339 e. The van der Waals surface area contributed by atoms with Crippen molar-refractivity contribution in [1.29, 1.82) is 0 Å². The number of aliphatic hydroxyl groups excluding tert-OH is 1. The largest absolute Gasteiger partial charge is 0.492 e. The van der Waals surface area contributed by atoms with E-state index in [2.05, 4.69) is 4.74 Å². The molecule has 0 heterocycles. The molecule has 0 amide bonds. The van der Waals surface area contributed by atoms with Crippen molar-refractivity contribution in [2.24, 2.45) is 0 Å². The van der Waals surface area contributed by atoms with Crippen molar-refractivity contribution < 1.29 is 28.5 Å². The fourth-order valence-corrected chi connectivity index (χ4v) is 1.76. The molecule has 1 unspecified atom stereocenters. The molecule has 1 N–H and O–H groups in total. The minimum Gasteiger partial charge on any atom is -0.492 e. The molecule has 6 heteroatoms. The van der Waals surface area contributed by atoms with E-state index in [0.717, 1.165) is 0 Å². The average Bonchev–Trinajstić information content (AvgIpc) is 2.39. The first kappa shape index (κ1) is 15.2. The van der Waals surface area contributed by atoms with E-state index in [0.29, 0.717) is 5.56 Å². The van der Waals surface area contributed by atoms with E-state index in [1.807, 2.05) is 0 Å². The first-order valence-electron chi connectivity index (χ1n) is 5.73. The molecule has 0 spiro atoms. The maximum absolute atomic E-state index is 14.2. The molecule has 5 nitrogen and oxygen atoms in total. The quantitative estimate of drug-likeness (QED) is 0.827. The predicted molar refractivity (Wildman–Crippen MR) is 65.8 cm³/mol. The molecule has 0 aliphatic heterocycles. The lowest BCUT2D eigenvalue weighted by Crippen LogP contribution is -2.17. The minimum atomic E-state index is -1.70. The van der Waals surface area contributed by atoms with Gasteiger partial charge in [-0.25, -0.2) is 9.18 Å². The Morgan fingerprint density at radius 3 is 2.42 bits per heavy atom. The van der Waals surface area contributed by atoms with Gasteiger partial charge in [0.25, 0.3) is 0 Å². The van der Waals surface area contributed by atoms with E-state index in [4.69, 9.17) is 9.47 Å². The number of aliphatic hydroxyl groups is 1. The van der Waals surface area contributed by atoms with Crippen molar-refractivity contribution in [2.75, 3.05) is 20.8 Å². The van der Waals surface area contributed by atoms with Crippen LogP contribution in [0.4, 0.5) is 4.39 Å². The highest BCUT2D eigenvalue weighted by Crippen LogP contribution is 2.37. The molecule has 1 rings (SSSR count). The summed E-state index contributed by atoms with van der Waals surface area (Å²) in [5.74, 6) is -1.68. The van der Waals surface area contributed by atoms with E-state index in [1.54, 1.807) is 13.8 Å². The molecule has 0 bridgehead atoms. The molecule has 0 fully saturated rings. The Morgan fingerprint density at radius 1 is 1.37 bits per heavy atom. The van der Waals surface area contributed by atoms with E-state index < -0.39 is 17.9 Å². The number of carbonyl (C=O) groups excluding carboxylic acids is 1. The van der Waals surface area contributed by atoms with Gasteiger partial charge < -0.3 is 19.3 Å². The molecule has 0 aliphatic rings. The van der Waals surface area contributed by atoms with Gasteiger partial charge in [0, 0.05) is 5.56 Å². The number of esters is 1. The fourth-order valence-electron chi connectivity index (χ4n) is 1.76. The zero-order valence-electron chi connectivity index (χ0n) is 11.3. The van der Waals surface area contributed by atoms with Crippen LogP contribution in [0, 0.1) is 12.7 Å². The lowest BCUT2D eigenvalue weighted by molar-refractivity contribution is -0.153. The van der Waals surface area contributed by atoms with Crippen LogP contribution in [-0.2, 0) is 9.53 Å². The molecule has 0 saturated carbocycles. The van der Waals surface area contributed by atoms with Gasteiger partial charge in [0.05, 0.1) is 20.8 Å². The first-order valence-corrected chi connectivity index (χ1v) is 5.73. The summed E-state index contributed by atoms with van der Waals surface area (Å²) in [6.07, 6.45) is -1.70. The smallest absolute Gasteiger partial charge is 0.339 e. The van der Waals surface area contributed by atoms with Crippen LogP contribution in [-0.4, -0.2) is 31.9 Å². The monoisotopic (exact) mass is 272 g/mol. The molecule has 0 aromatic heterocycles. The molecular formula is C13H17FO5. The highest BCUT2D eigenvalue weighted by molar-refractivity contribution is 5.77. The Balaban J connectivity index is 3.30. The third-order valence-corrected chi connectivity index (χ3v) is 2.60. The topological polar surface area (TPSA) is 65.0 Å². The van der Waals surface area contributed by atoms with Crippen LogP contribution in [0.5, 0.6) is 11.5 Å². The second-order valence-electron chi connectivity index (χ2n) is 3.82. The number of ether oxygens (including phenoxy) is 3. The highest BCUT2D eigenvalue weighted by Gasteiger charge is 2.27. The van der Waals surface area contributed by atoms with Crippen LogP contribution < -0.4 is 9.47 Å². The van der Waals surface area contributed by atoms with Gasteiger partial charge in [-0.05, 0) is 25.5 Å². The van der Waals surface area contributed by atoms with Crippen molar-refractivity contribution in [3.63, 3.8) is 0 Å². The standard InChI is InChI=1S/C13H17FO5/c1-5-19-13(16)10(15)8-6-7(2)11(17-3)12(18-4)9(8)14/h6,10,15H,5H2,1-4H3. The molecule has 106 valence electrons. The number of hydrogen-bond donors (Lipinski definition) is 1. The number of methoxy groups -OCH3 is 2. The molecular weight excluding hydrogens is 255 g/mol. The molecule has 0 radical (unpaired) electrons. The van der Waals surface area contributed by atoms with Crippen molar-refractivity contribution >= 4 is 5.97 Å². The summed E-state index contributed by atoms with van der Waals surface area (Å²) in [4.78, 5) is 11.5. The number of hydrogen-bond acceptors (Lipinski definition) is 5. The molecule has 1 atom stereocenters. The normalized spacial score (nSPS) is 11.9. The Labute approximate surface area is 110 Å². The van der Waals surface area contributed by atoms with Gasteiger partial charge in [-0.15, -0.1) is 0 Å². The van der Waals surface area contributed by atoms with Crippen molar-refractivity contribution in [2.45, 2.75) is 20.0 Å². The zero-order valence-corrected chi connectivity index (χ0v) is 11.3. The van der Waals surface area contributed by atoms with E-state index in [1.165, 1.54) is 20.3 Å². The Hall–Kier alpha value is -1.82. The molecule has 19 heavy (non-hydrogen) atoms. The first-order chi connectivity index (χ1) is 8.97. The van der Waals surface area contributed by atoms with Crippen LogP contribution in [0.1, 0.15) is 24.2 Å². The fraction of sp³-hybridized carbons (Fsp3) is 0.462. The van der Waals surface area contributed by atoms with Gasteiger partial charge in [-0.1, -0.05) is 0 Å². The number of benzene rings is 1. The Kier molecular flexibility index (Phi) is 5.11. The SMILES string of the molecule is CCOC(=O)C(O)c1cc(C)c(OC)c(OC)c1F. The van der Waals surface area contributed by atoms with Gasteiger partial charge >= 0.3 is 5.97 Å². The van der Waals surface area contributed by atoms with Crippen LogP contribution in [0.15, 0.2) is 6.07 Å². The summed E-state index contributed by atoms with van der Waals surface area (Å²) in [6.45, 7) is 3.35. The van der Waals surface area contributed by atoms with Crippen LogP contribution in [0.3, 0.4) is 0 Å². The second kappa shape index (κ2) is 6.38. The summed E-state index contributed by atoms with van der Waals surface area (Å²) in [5.41, 5.74) is 0.340. The van der Waals surface area contributed by atoms with Gasteiger partial charge in [0.1, 0.15) is 0 Å². The lowest BCUT2D eigenvalue weighted by atomic mass is 10.0. The number of aryl methyl sites for hydroxylation is 1. The maximum atomic E-state index is 14.2. The zero-order chi connectivity index (χ0) is 14.6. The summed E-state index contributed by atoms with van der Waals surface area (Å²) in [7, 11) is 2.66. The van der Waals surface area contributed by atoms with E-state index >= 15 is 0 Å². The predicted octanol–water partition coefficient (Wildman–Crippen LogP) is 1.75. The Bertz CT molecular complexity index is 473. The third-order valence-electron chi connectivity index (χ3n) is 2.60. The average molecular weight is 272 g/mol. The van der Waals surface area contributed by atoms with Crippen molar-refractivity contribution in [3.05, 3.63) is 23.0 Å². The van der Waals surface area contributed by atoms with Crippen molar-refractivity contribution in [1.82, 2.24) is 0 Å². The van der Waals surface area contributed by atoms with Crippen LogP contribution in [0.25, 0.3) is 0 Å². The summed E-state index contributed by atoms with van der Waals surface area (Å²) in [5, 5.41) is 9.80. The van der Waals surface area contributed by atoms with Gasteiger partial charge in [-0.3, -0.25) is 0 Å². The molecule has 0 aliphatic carbocycles. The van der Waals surface area contributed by atoms with Gasteiger partial charge in [0.15, 0.2) is 23.4 Å². The van der Waals surface area contributed by atoms with Crippen molar-refractivity contribution in [3.8, 4) is 11.5 Å². The second-order valence-corrected chi connectivity index (χ2v) is 3.82. The summed E-state index contributed by atoms with van der Waals surface area (Å²) >= 11 is 0. The van der Waals surface area contributed by atoms with Crippen LogP contribution in [0.2, 0.25) is 0 Å². The lowest BCUT2D eigenvalue weighted by Gasteiger charge is -2.17. The number of halogens is 1. The molecule has 0 saturated heterocycles. The highest BCUT2D eigenvalue weighted by atomic mass is 19.1. The van der Waals surface area contributed by atoms with Crippen LogP contribution >= 0.6 is 0 Å². The Morgan fingerprint density at radius 2 is 1.95 bits per heavy atom. The summed E-state index contributed by atoms with van der Waals surface area (Å²) in [6, 6.07) is 1.33. The van der Waals surface area contributed by atoms with Gasteiger partial charge in [-0.2, -0.15) is 0 Å². The molecule has 1 aromatic carbocycles. The van der Waals surface area contributed by atoms with Gasteiger partial charge in [0.2, 0.25) is 0 Å². The van der Waals surface area contributed by atoms with E-state index in [-0.39, 0.29) is 23.7 Å². The summed E-state index contributed by atoms with van der Waals surface area (Å²) < 4.78 is 28.8. The number of rotatable bonds is 5. The minimum absolute atomic E-state index is 0.101. The number of carbonyl (C=O) groups is 1. The third kappa shape index (κ3) is 2.96. The van der Waals surface area contributed by atoms with E-state index in [9.17, 15) is 14.3 Å². The molecule has 1 aromatic rings.